The van der Waals surface area contributed by atoms with Crippen molar-refractivity contribution in [2.45, 2.75) is 19.3 Å². The van der Waals surface area contributed by atoms with E-state index in [1.54, 1.807) is 30.3 Å². The van der Waals surface area contributed by atoms with E-state index < -0.39 is 0 Å². The lowest BCUT2D eigenvalue weighted by Crippen LogP contribution is -2.24. The summed E-state index contributed by atoms with van der Waals surface area (Å²) in [4.78, 5) is 26.8. The number of rotatable bonds is 2. The quantitative estimate of drug-likeness (QED) is 0.255. The van der Waals surface area contributed by atoms with Crippen LogP contribution in [0.2, 0.25) is 0 Å². The predicted molar refractivity (Wildman–Crippen MR) is 139 cm³/mol. The summed E-state index contributed by atoms with van der Waals surface area (Å²) in [6.45, 7) is 4.45. The topological polar surface area (TPSA) is 72.2 Å². The standard InChI is InChI=1S/C29H21BrN2O2/c1-29(2)20-10-6-5-7-16(20)17-12-11-15(13-21(17)29)32-23-14-22(30)26(31)25-24(23)27(33)18-8-3-4-9-19(18)28(25)34/h3-14,32H,31H2,1-2H3. The largest absolute Gasteiger partial charge is 0.397 e. The van der Waals surface area contributed by atoms with Crippen LogP contribution in [0.3, 0.4) is 0 Å². The van der Waals surface area contributed by atoms with Crippen LogP contribution in [-0.4, -0.2) is 11.6 Å². The van der Waals surface area contributed by atoms with Gasteiger partial charge in [-0.2, -0.15) is 0 Å². The normalized spacial score (nSPS) is 14.8. The lowest BCUT2D eigenvalue weighted by atomic mass is 9.82. The van der Waals surface area contributed by atoms with E-state index in [1.165, 1.54) is 22.3 Å². The number of nitrogen functional groups attached to an aromatic ring is 1. The van der Waals surface area contributed by atoms with E-state index >= 15 is 0 Å². The zero-order valence-corrected chi connectivity index (χ0v) is 20.3. The molecule has 0 saturated carbocycles. The first-order valence-corrected chi connectivity index (χ1v) is 11.9. The van der Waals surface area contributed by atoms with Gasteiger partial charge in [-0.1, -0.05) is 68.4 Å². The van der Waals surface area contributed by atoms with E-state index in [4.69, 9.17) is 5.73 Å². The van der Waals surface area contributed by atoms with Crippen molar-refractivity contribution < 1.29 is 9.59 Å². The molecule has 0 atom stereocenters. The SMILES string of the molecule is CC1(C)c2ccccc2-c2ccc(Nc3cc(Br)c(N)c4c3C(=O)c3ccccc3C4=O)cc21. The Kier molecular flexibility index (Phi) is 4.39. The maximum Gasteiger partial charge on any atom is 0.196 e. The van der Waals surface area contributed by atoms with Gasteiger partial charge < -0.3 is 11.1 Å². The van der Waals surface area contributed by atoms with Crippen LogP contribution >= 0.6 is 15.9 Å². The Morgan fingerprint density at radius 3 is 2.03 bits per heavy atom. The summed E-state index contributed by atoms with van der Waals surface area (Å²) in [6.07, 6.45) is 0. The minimum atomic E-state index is -0.238. The Labute approximate surface area is 205 Å². The summed E-state index contributed by atoms with van der Waals surface area (Å²) in [5, 5.41) is 3.42. The average molecular weight is 509 g/mol. The van der Waals surface area contributed by atoms with Crippen LogP contribution in [0.4, 0.5) is 17.1 Å². The molecule has 6 rings (SSSR count). The summed E-state index contributed by atoms with van der Waals surface area (Å²) < 4.78 is 0.572. The fourth-order valence-electron chi connectivity index (χ4n) is 5.32. The minimum Gasteiger partial charge on any atom is -0.397 e. The third kappa shape index (κ3) is 2.77. The third-order valence-corrected chi connectivity index (χ3v) is 7.71. The highest BCUT2D eigenvalue weighted by molar-refractivity contribution is 9.10. The first-order valence-electron chi connectivity index (χ1n) is 11.1. The van der Waals surface area contributed by atoms with Crippen molar-refractivity contribution in [3.8, 4) is 11.1 Å². The monoisotopic (exact) mass is 508 g/mol. The number of nitrogens with one attached hydrogen (secondary N) is 1. The first-order chi connectivity index (χ1) is 16.3. The van der Waals surface area contributed by atoms with Crippen molar-refractivity contribution in [3.63, 3.8) is 0 Å². The Balaban J connectivity index is 1.49. The van der Waals surface area contributed by atoms with E-state index in [2.05, 4.69) is 71.5 Å². The van der Waals surface area contributed by atoms with Crippen molar-refractivity contribution >= 4 is 44.6 Å². The summed E-state index contributed by atoms with van der Waals surface area (Å²) in [6, 6.07) is 23.4. The molecule has 0 fully saturated rings. The zero-order chi connectivity index (χ0) is 23.8. The van der Waals surface area contributed by atoms with Gasteiger partial charge in [0.2, 0.25) is 0 Å². The molecule has 166 valence electrons. The molecular weight excluding hydrogens is 488 g/mol. The van der Waals surface area contributed by atoms with E-state index in [0.717, 1.165) is 5.69 Å². The molecule has 2 aliphatic rings. The third-order valence-electron chi connectivity index (χ3n) is 7.05. The summed E-state index contributed by atoms with van der Waals surface area (Å²) in [7, 11) is 0. The second-order valence-corrected chi connectivity index (χ2v) is 10.2. The first kappa shape index (κ1) is 20.9. The molecule has 0 spiro atoms. The lowest BCUT2D eigenvalue weighted by molar-refractivity contribution is 0.0980. The summed E-state index contributed by atoms with van der Waals surface area (Å²) in [5.41, 5.74) is 14.1. The minimum absolute atomic E-state index is 0.143. The fourth-order valence-corrected chi connectivity index (χ4v) is 5.75. The van der Waals surface area contributed by atoms with Crippen LogP contribution < -0.4 is 11.1 Å². The Morgan fingerprint density at radius 2 is 1.32 bits per heavy atom. The number of carbonyl (C=O) groups is 2. The molecule has 0 amide bonds. The molecule has 5 heteroatoms. The number of nitrogens with two attached hydrogens (primary N) is 1. The van der Waals surface area contributed by atoms with E-state index in [-0.39, 0.29) is 28.2 Å². The van der Waals surface area contributed by atoms with Gasteiger partial charge in [0.25, 0.3) is 0 Å². The van der Waals surface area contributed by atoms with Gasteiger partial charge >= 0.3 is 0 Å². The zero-order valence-electron chi connectivity index (χ0n) is 18.7. The Hall–Kier alpha value is -3.70. The fraction of sp³-hybridized carbons (Fsp3) is 0.103. The molecular formula is C29H21BrN2O2. The molecule has 0 radical (unpaired) electrons. The molecule has 2 aliphatic carbocycles. The van der Waals surface area contributed by atoms with Crippen molar-refractivity contribution in [3.05, 3.63) is 111 Å². The molecule has 0 aliphatic heterocycles. The van der Waals surface area contributed by atoms with Gasteiger partial charge in [-0.3, -0.25) is 9.59 Å². The van der Waals surface area contributed by atoms with Crippen molar-refractivity contribution in [1.82, 2.24) is 0 Å². The van der Waals surface area contributed by atoms with Crippen LogP contribution in [0.1, 0.15) is 56.8 Å². The number of fused-ring (bicyclic) bond motifs is 5. The molecule has 4 nitrogen and oxygen atoms in total. The van der Waals surface area contributed by atoms with Gasteiger partial charge in [-0.05, 0) is 56.4 Å². The van der Waals surface area contributed by atoms with Crippen LogP contribution in [0, 0.1) is 0 Å². The molecule has 0 saturated heterocycles. The second-order valence-electron chi connectivity index (χ2n) is 9.33. The number of benzene rings is 4. The van der Waals surface area contributed by atoms with Gasteiger partial charge in [-0.25, -0.2) is 0 Å². The molecule has 34 heavy (non-hydrogen) atoms. The molecule has 0 aromatic heterocycles. The second kappa shape index (κ2) is 7.15. The van der Waals surface area contributed by atoms with E-state index in [0.29, 0.717) is 26.9 Å². The van der Waals surface area contributed by atoms with Crippen LogP contribution in [-0.2, 0) is 5.41 Å². The van der Waals surface area contributed by atoms with Crippen molar-refractivity contribution in [2.75, 3.05) is 11.1 Å². The number of carbonyl (C=O) groups excluding carboxylic acids is 2. The van der Waals surface area contributed by atoms with Crippen molar-refractivity contribution in [2.24, 2.45) is 0 Å². The summed E-state index contributed by atoms with van der Waals surface area (Å²) >= 11 is 3.48. The van der Waals surface area contributed by atoms with Gasteiger partial charge in [-0.15, -0.1) is 0 Å². The van der Waals surface area contributed by atoms with Crippen molar-refractivity contribution in [1.29, 1.82) is 0 Å². The van der Waals surface area contributed by atoms with Gasteiger partial charge in [0.15, 0.2) is 11.6 Å². The highest BCUT2D eigenvalue weighted by atomic mass is 79.9. The number of hydrogen-bond donors (Lipinski definition) is 2. The van der Waals surface area contributed by atoms with E-state index in [1.807, 2.05) is 6.07 Å². The van der Waals surface area contributed by atoms with Crippen LogP contribution in [0.5, 0.6) is 0 Å². The van der Waals surface area contributed by atoms with Gasteiger partial charge in [0.05, 0.1) is 22.5 Å². The molecule has 3 N–H and O–H groups in total. The molecule has 0 heterocycles. The number of anilines is 3. The van der Waals surface area contributed by atoms with Gasteiger partial charge in [0.1, 0.15) is 0 Å². The van der Waals surface area contributed by atoms with Crippen LogP contribution in [0.15, 0.2) is 77.3 Å². The maximum atomic E-state index is 13.5. The smallest absolute Gasteiger partial charge is 0.196 e. The average Bonchev–Trinajstić information content (AvgIpc) is 3.06. The predicted octanol–water partition coefficient (Wildman–Crippen LogP) is 6.86. The molecule has 0 bridgehead atoms. The lowest BCUT2D eigenvalue weighted by Gasteiger charge is -2.24. The Morgan fingerprint density at radius 1 is 0.735 bits per heavy atom. The Bertz CT molecular complexity index is 1570. The van der Waals surface area contributed by atoms with Crippen LogP contribution in [0.25, 0.3) is 11.1 Å². The highest BCUT2D eigenvalue weighted by Crippen LogP contribution is 2.49. The number of hydrogen-bond acceptors (Lipinski definition) is 4. The summed E-state index contributed by atoms with van der Waals surface area (Å²) in [5.74, 6) is -0.446. The molecule has 4 aromatic carbocycles. The van der Waals surface area contributed by atoms with Gasteiger partial charge in [0, 0.05) is 26.7 Å². The van der Waals surface area contributed by atoms with E-state index in [9.17, 15) is 9.59 Å². The maximum absolute atomic E-state index is 13.5. The highest BCUT2D eigenvalue weighted by Gasteiger charge is 2.36. The molecule has 4 aromatic rings. The molecule has 0 unspecified atom stereocenters. The number of ketones is 2. The number of halogens is 1.